The zero-order chi connectivity index (χ0) is 8.57. The van der Waals surface area contributed by atoms with E-state index >= 15 is 0 Å². The zero-order valence-corrected chi connectivity index (χ0v) is 7.80. The van der Waals surface area contributed by atoms with E-state index in [1.165, 1.54) is 0 Å². The molecule has 0 spiro atoms. The van der Waals surface area contributed by atoms with Crippen molar-refractivity contribution in [2.45, 2.75) is 6.42 Å². The lowest BCUT2D eigenvalue weighted by atomic mass is 10.5. The quantitative estimate of drug-likeness (QED) is 0.577. The van der Waals surface area contributed by atoms with Crippen LogP contribution in [0.4, 0.5) is 0 Å². The first-order chi connectivity index (χ1) is 4.50. The molecule has 0 aliphatic rings. The van der Waals surface area contributed by atoms with Crippen molar-refractivity contribution in [2.75, 3.05) is 5.88 Å². The second-order valence-corrected chi connectivity index (χ2v) is 3.92. The summed E-state index contributed by atoms with van der Waals surface area (Å²) in [5.74, 6) is -0.639. The van der Waals surface area contributed by atoms with Gasteiger partial charge in [-0.15, -0.1) is 11.6 Å². The highest BCUT2D eigenvalue weighted by atomic mass is 36.0. The van der Waals surface area contributed by atoms with Gasteiger partial charge in [-0.05, 0) is 0 Å². The highest BCUT2D eigenvalue weighted by Crippen LogP contribution is 1.98. The van der Waals surface area contributed by atoms with Crippen molar-refractivity contribution in [3.8, 4) is 0 Å². The summed E-state index contributed by atoms with van der Waals surface area (Å²) in [4.78, 5) is 9.51. The van der Waals surface area contributed by atoms with Crippen LogP contribution < -0.4 is 0 Å². The average molecular weight is 227 g/mol. The Morgan fingerprint density at radius 2 is 1.90 bits per heavy atom. The predicted molar refractivity (Wildman–Crippen MR) is 42.8 cm³/mol. The fourth-order valence-corrected chi connectivity index (χ4v) is 0.243. The van der Waals surface area contributed by atoms with Crippen LogP contribution in [0.5, 0.6) is 0 Å². The molecule has 0 bridgehead atoms. The van der Waals surface area contributed by atoms with E-state index in [0.29, 0.717) is 0 Å². The number of alkyl halides is 1. The van der Waals surface area contributed by atoms with E-state index in [2.05, 4.69) is 21.4 Å². The van der Waals surface area contributed by atoms with Gasteiger partial charge in [0.1, 0.15) is 0 Å². The SMILES string of the molecule is O=C(O)CCCl.[O-][S+](Cl)Cl. The van der Waals surface area contributed by atoms with Crippen molar-refractivity contribution in [3.05, 3.63) is 0 Å². The molecule has 0 unspecified atom stereocenters. The molecule has 0 atom stereocenters. The van der Waals surface area contributed by atoms with E-state index in [4.69, 9.17) is 21.3 Å². The Labute approximate surface area is 75.4 Å². The summed E-state index contributed by atoms with van der Waals surface area (Å²) >= 11 is 5.02. The molecule has 0 saturated carbocycles. The maximum atomic E-state index is 9.51. The summed E-state index contributed by atoms with van der Waals surface area (Å²) in [6, 6.07) is 0. The topological polar surface area (TPSA) is 60.4 Å². The number of rotatable bonds is 2. The molecule has 0 aromatic rings. The summed E-state index contributed by atoms with van der Waals surface area (Å²) in [5.41, 5.74) is 0. The van der Waals surface area contributed by atoms with Crippen molar-refractivity contribution in [3.63, 3.8) is 0 Å². The number of aliphatic carboxylic acids is 1. The van der Waals surface area contributed by atoms with Gasteiger partial charge in [-0.25, -0.2) is 0 Å². The van der Waals surface area contributed by atoms with Gasteiger partial charge in [0, 0.05) is 5.88 Å². The van der Waals surface area contributed by atoms with Crippen LogP contribution in [-0.4, -0.2) is 21.5 Å². The fourth-order valence-electron chi connectivity index (χ4n) is 0.0808. The summed E-state index contributed by atoms with van der Waals surface area (Å²) < 4.78 is 9.09. The van der Waals surface area contributed by atoms with Crippen molar-refractivity contribution in [2.24, 2.45) is 0 Å². The number of carbonyl (C=O) groups is 1. The van der Waals surface area contributed by atoms with Crippen LogP contribution in [0, 0.1) is 0 Å². The highest BCUT2D eigenvalue weighted by molar-refractivity contribution is 8.31. The van der Waals surface area contributed by atoms with E-state index in [9.17, 15) is 4.79 Å². The van der Waals surface area contributed by atoms with Gasteiger partial charge in [0.2, 0.25) is 0 Å². The van der Waals surface area contributed by atoms with Crippen LogP contribution in [0.1, 0.15) is 6.42 Å². The number of hydrogen-bond donors (Lipinski definition) is 1. The van der Waals surface area contributed by atoms with Gasteiger partial charge in [0.25, 0.3) is 0 Å². The number of hydrogen-bond acceptors (Lipinski definition) is 2. The van der Waals surface area contributed by atoms with Crippen molar-refractivity contribution >= 4 is 48.5 Å². The molecule has 1 N–H and O–H groups in total. The van der Waals surface area contributed by atoms with Gasteiger partial charge < -0.3 is 9.66 Å². The van der Waals surface area contributed by atoms with Gasteiger partial charge in [0.05, 0.1) is 6.42 Å². The molecule has 0 aromatic carbocycles. The lowest BCUT2D eigenvalue weighted by Crippen LogP contribution is -1.93. The van der Waals surface area contributed by atoms with E-state index in [1.54, 1.807) is 0 Å². The largest absolute Gasteiger partial charge is 0.582 e. The molecule has 0 rings (SSSR count). The minimum Gasteiger partial charge on any atom is -0.582 e. The molecule has 0 amide bonds. The maximum Gasteiger partial charge on any atom is 0.304 e. The smallest absolute Gasteiger partial charge is 0.304 e. The summed E-state index contributed by atoms with van der Waals surface area (Å²) in [6.07, 6.45) is 0.0571. The van der Waals surface area contributed by atoms with Gasteiger partial charge in [-0.1, -0.05) is 0 Å². The Hall–Kier alpha value is 0.650. The molecule has 0 radical (unpaired) electrons. The fraction of sp³-hybridized carbons (Fsp3) is 0.667. The maximum absolute atomic E-state index is 9.51. The minimum atomic E-state index is -1.67. The number of carboxylic acid groups (broad SMARTS) is 1. The molecule has 0 heterocycles. The molecule has 0 aliphatic heterocycles. The molecular formula is C3H5Cl3O3S. The van der Waals surface area contributed by atoms with Crippen LogP contribution in [0.3, 0.4) is 0 Å². The van der Waals surface area contributed by atoms with Crippen LogP contribution >= 0.6 is 33.0 Å². The molecule has 62 valence electrons. The van der Waals surface area contributed by atoms with Gasteiger partial charge in [0.15, 0.2) is 31.0 Å². The van der Waals surface area contributed by atoms with Crippen LogP contribution in [0.25, 0.3) is 0 Å². The van der Waals surface area contributed by atoms with E-state index in [-0.39, 0.29) is 12.3 Å². The molecule has 0 aliphatic carbocycles. The first-order valence-corrected chi connectivity index (χ1v) is 5.36. The van der Waals surface area contributed by atoms with Crippen molar-refractivity contribution < 1.29 is 14.5 Å². The van der Waals surface area contributed by atoms with Crippen molar-refractivity contribution in [1.29, 1.82) is 0 Å². The third kappa shape index (κ3) is 38.0. The lowest BCUT2D eigenvalue weighted by molar-refractivity contribution is -0.136. The second-order valence-electron chi connectivity index (χ2n) is 1.02. The third-order valence-corrected chi connectivity index (χ3v) is 0.497. The Bertz CT molecular complexity index is 86.3. The Balaban J connectivity index is 0. The van der Waals surface area contributed by atoms with Crippen LogP contribution in [0.2, 0.25) is 0 Å². The molecule has 0 saturated heterocycles. The molecule has 3 nitrogen and oxygen atoms in total. The Morgan fingerprint density at radius 1 is 1.60 bits per heavy atom. The molecule has 7 heteroatoms. The molecule has 10 heavy (non-hydrogen) atoms. The lowest BCUT2D eigenvalue weighted by Gasteiger charge is -1.78. The monoisotopic (exact) mass is 226 g/mol. The molecule has 0 fully saturated rings. The molecule has 0 aromatic heterocycles. The third-order valence-electron chi connectivity index (χ3n) is 0.308. The Morgan fingerprint density at radius 3 is 1.90 bits per heavy atom. The predicted octanol–water partition coefficient (Wildman–Crippen LogP) is 1.74. The zero-order valence-electron chi connectivity index (χ0n) is 4.72. The summed E-state index contributed by atoms with van der Waals surface area (Å²) in [7, 11) is 7.36. The Kier molecular flexibility index (Phi) is 12.8. The second kappa shape index (κ2) is 9.65. The van der Waals surface area contributed by atoms with Gasteiger partial charge in [-0.3, -0.25) is 4.79 Å². The first-order valence-electron chi connectivity index (χ1n) is 2.02. The van der Waals surface area contributed by atoms with Crippen molar-refractivity contribution in [1.82, 2.24) is 0 Å². The van der Waals surface area contributed by atoms with Crippen LogP contribution in [0.15, 0.2) is 0 Å². The number of halogens is 3. The molecular weight excluding hydrogens is 222 g/mol. The van der Waals surface area contributed by atoms with E-state index in [1.807, 2.05) is 0 Å². The van der Waals surface area contributed by atoms with E-state index in [0.717, 1.165) is 0 Å². The highest BCUT2D eigenvalue weighted by Gasteiger charge is 1.89. The van der Waals surface area contributed by atoms with Gasteiger partial charge >= 0.3 is 5.97 Å². The van der Waals surface area contributed by atoms with E-state index < -0.39 is 15.6 Å². The number of carboxylic acids is 1. The normalized spacial score (nSPS) is 8.50. The minimum absolute atomic E-state index is 0.0571. The first kappa shape index (κ1) is 13.3. The average Bonchev–Trinajstić information content (AvgIpc) is 1.62. The summed E-state index contributed by atoms with van der Waals surface area (Å²) in [5, 5.41) is 7.83. The van der Waals surface area contributed by atoms with Crippen LogP contribution in [-0.2, 0) is 14.4 Å². The summed E-state index contributed by atoms with van der Waals surface area (Å²) in [6.45, 7) is 0. The standard InChI is InChI=1S/C3H5ClO2.Cl2OS/c4-2-1-3(5)6;1-4(2)3/h1-2H2,(H,5,6);. The van der Waals surface area contributed by atoms with Gasteiger partial charge in [-0.2, -0.15) is 0 Å².